The molecule has 4 rings (SSSR count). The number of carbonyl (C=O) groups is 1. The number of hydrogen-bond donors (Lipinski definition) is 1. The highest BCUT2D eigenvalue weighted by Gasteiger charge is 2.21. The molecule has 0 bridgehead atoms. The number of aromatic nitrogens is 3. The molecule has 0 saturated carbocycles. The lowest BCUT2D eigenvalue weighted by molar-refractivity contribution is -0.116. The van der Waals surface area contributed by atoms with Gasteiger partial charge in [0, 0.05) is 29.6 Å². The van der Waals surface area contributed by atoms with E-state index in [9.17, 15) is 18.4 Å². The molecule has 4 aromatic rings. The molecule has 2 aromatic heterocycles. The second-order valence-electron chi connectivity index (χ2n) is 7.88. The van der Waals surface area contributed by atoms with Crippen molar-refractivity contribution in [3.05, 3.63) is 87.3 Å². The summed E-state index contributed by atoms with van der Waals surface area (Å²) in [5, 5.41) is 8.13. The third-order valence-corrected chi connectivity index (χ3v) is 5.72. The molecule has 0 unspecified atom stereocenters. The molecule has 0 spiro atoms. The molecule has 8 heteroatoms. The van der Waals surface area contributed by atoms with Crippen molar-refractivity contribution < 1.29 is 13.6 Å². The van der Waals surface area contributed by atoms with Gasteiger partial charge < -0.3 is 5.32 Å². The summed E-state index contributed by atoms with van der Waals surface area (Å²) in [4.78, 5) is 25.8. The standard InChI is InChI=1S/C25H24F2N4O2/c1-4-30-24-23(16(3)29-31(24)20-7-5-6-18(27)14-20)15(2)21(25(30)33)12-13-22(32)28-19-10-8-17(26)9-11-19/h5-11,14H,4,12-13H2,1-3H3,(H,28,32). The lowest BCUT2D eigenvalue weighted by atomic mass is 10.0. The number of fused-ring (bicyclic) bond motifs is 1. The zero-order valence-electron chi connectivity index (χ0n) is 18.7. The fraction of sp³-hybridized carbons (Fsp3) is 0.240. The summed E-state index contributed by atoms with van der Waals surface area (Å²) < 4.78 is 30.1. The number of hydrogen-bond acceptors (Lipinski definition) is 3. The molecule has 0 aliphatic heterocycles. The molecule has 6 nitrogen and oxygen atoms in total. The maximum Gasteiger partial charge on any atom is 0.255 e. The molecule has 1 amide bonds. The quantitative estimate of drug-likeness (QED) is 0.464. The summed E-state index contributed by atoms with van der Waals surface area (Å²) in [5.74, 6) is -1.04. The smallest absolute Gasteiger partial charge is 0.255 e. The highest BCUT2D eigenvalue weighted by molar-refractivity contribution is 5.91. The van der Waals surface area contributed by atoms with Gasteiger partial charge in [0.2, 0.25) is 5.91 Å². The average molecular weight is 450 g/mol. The van der Waals surface area contributed by atoms with Crippen LogP contribution in [-0.2, 0) is 17.8 Å². The van der Waals surface area contributed by atoms with Gasteiger partial charge in [0.05, 0.1) is 11.4 Å². The molecule has 0 saturated heterocycles. The predicted molar refractivity (Wildman–Crippen MR) is 124 cm³/mol. The Hall–Kier alpha value is -3.81. The van der Waals surface area contributed by atoms with E-state index in [0.717, 1.165) is 10.9 Å². The van der Waals surface area contributed by atoms with Crippen LogP contribution < -0.4 is 10.9 Å². The molecule has 2 aromatic carbocycles. The van der Waals surface area contributed by atoms with E-state index in [1.165, 1.54) is 36.4 Å². The van der Waals surface area contributed by atoms with Crippen LogP contribution in [0.5, 0.6) is 0 Å². The highest BCUT2D eigenvalue weighted by Crippen LogP contribution is 2.26. The first-order chi connectivity index (χ1) is 15.8. The van der Waals surface area contributed by atoms with Crippen molar-refractivity contribution in [2.75, 3.05) is 5.32 Å². The molecule has 0 aliphatic rings. The van der Waals surface area contributed by atoms with Crippen LogP contribution >= 0.6 is 0 Å². The molecule has 0 aliphatic carbocycles. The number of nitrogens with one attached hydrogen (secondary N) is 1. The zero-order chi connectivity index (χ0) is 23.7. The summed E-state index contributed by atoms with van der Waals surface area (Å²) in [5.41, 5.74) is 3.44. The molecular weight excluding hydrogens is 426 g/mol. The minimum atomic E-state index is -0.389. The first-order valence-electron chi connectivity index (χ1n) is 10.7. The number of rotatable bonds is 6. The number of nitrogens with zero attached hydrogens (tertiary/aromatic N) is 3. The first kappa shape index (κ1) is 22.4. The number of amides is 1. The van der Waals surface area contributed by atoms with Crippen LogP contribution in [0.1, 0.15) is 30.2 Å². The Morgan fingerprint density at radius 3 is 2.45 bits per heavy atom. The first-order valence-corrected chi connectivity index (χ1v) is 10.7. The van der Waals surface area contributed by atoms with Crippen LogP contribution in [0.25, 0.3) is 16.7 Å². The summed E-state index contributed by atoms with van der Waals surface area (Å²) >= 11 is 0. The van der Waals surface area contributed by atoms with Gasteiger partial charge in [0.25, 0.3) is 5.56 Å². The number of aryl methyl sites for hydroxylation is 3. The van der Waals surface area contributed by atoms with Crippen LogP contribution in [0.4, 0.5) is 14.5 Å². The summed E-state index contributed by atoms with van der Waals surface area (Å²) in [6.45, 7) is 5.95. The molecule has 0 fully saturated rings. The van der Waals surface area contributed by atoms with E-state index in [4.69, 9.17) is 0 Å². The van der Waals surface area contributed by atoms with Crippen molar-refractivity contribution in [2.24, 2.45) is 0 Å². The Balaban J connectivity index is 1.71. The molecule has 2 heterocycles. The van der Waals surface area contributed by atoms with Crippen molar-refractivity contribution in [3.8, 4) is 5.69 Å². The second kappa shape index (κ2) is 8.97. The van der Waals surface area contributed by atoms with Gasteiger partial charge in [-0.2, -0.15) is 5.10 Å². The summed E-state index contributed by atoms with van der Waals surface area (Å²) in [6, 6.07) is 11.6. The number of benzene rings is 2. The Kier molecular flexibility index (Phi) is 6.09. The third-order valence-electron chi connectivity index (χ3n) is 5.72. The van der Waals surface area contributed by atoms with E-state index in [1.807, 2.05) is 20.8 Å². The Morgan fingerprint density at radius 2 is 1.79 bits per heavy atom. The van der Waals surface area contributed by atoms with Gasteiger partial charge in [-0.25, -0.2) is 13.5 Å². The summed E-state index contributed by atoms with van der Waals surface area (Å²) in [7, 11) is 0. The summed E-state index contributed by atoms with van der Waals surface area (Å²) in [6.07, 6.45) is 0.345. The van der Waals surface area contributed by atoms with Gasteiger partial charge in [-0.1, -0.05) is 6.07 Å². The van der Waals surface area contributed by atoms with Crippen LogP contribution in [0.2, 0.25) is 0 Å². The van der Waals surface area contributed by atoms with Crippen LogP contribution in [-0.4, -0.2) is 20.3 Å². The lowest BCUT2D eigenvalue weighted by Crippen LogP contribution is -2.27. The fourth-order valence-corrected chi connectivity index (χ4v) is 4.14. The SMILES string of the molecule is CCn1c(=O)c(CCC(=O)Nc2ccc(F)cc2)c(C)c2c(C)nn(-c3cccc(F)c3)c21. The van der Waals surface area contributed by atoms with Crippen LogP contribution in [0.3, 0.4) is 0 Å². The maximum absolute atomic E-state index is 13.9. The van der Waals surface area contributed by atoms with Gasteiger partial charge in [-0.15, -0.1) is 0 Å². The minimum Gasteiger partial charge on any atom is -0.326 e. The van der Waals surface area contributed by atoms with Crippen LogP contribution in [0, 0.1) is 25.5 Å². The highest BCUT2D eigenvalue weighted by atomic mass is 19.1. The van der Waals surface area contributed by atoms with Crippen molar-refractivity contribution >= 4 is 22.6 Å². The van der Waals surface area contributed by atoms with E-state index in [1.54, 1.807) is 21.4 Å². The molecule has 0 atom stereocenters. The number of halogens is 2. The van der Waals surface area contributed by atoms with E-state index < -0.39 is 0 Å². The van der Waals surface area contributed by atoms with Gasteiger partial charge in [-0.05, 0) is 75.2 Å². The van der Waals surface area contributed by atoms with E-state index in [-0.39, 0.29) is 35.9 Å². The maximum atomic E-state index is 13.9. The van der Waals surface area contributed by atoms with Crippen molar-refractivity contribution in [1.29, 1.82) is 0 Å². The third kappa shape index (κ3) is 4.28. The second-order valence-corrected chi connectivity index (χ2v) is 7.88. The molecule has 0 radical (unpaired) electrons. The van der Waals surface area contributed by atoms with Crippen LogP contribution in [0.15, 0.2) is 53.3 Å². The van der Waals surface area contributed by atoms with Crippen molar-refractivity contribution in [1.82, 2.24) is 14.3 Å². The van der Waals surface area contributed by atoms with E-state index >= 15 is 0 Å². The van der Waals surface area contributed by atoms with Gasteiger partial charge >= 0.3 is 0 Å². The molecule has 170 valence electrons. The molecular formula is C25H24F2N4O2. The largest absolute Gasteiger partial charge is 0.326 e. The molecule has 33 heavy (non-hydrogen) atoms. The lowest BCUT2D eigenvalue weighted by Gasteiger charge is -2.14. The minimum absolute atomic E-state index is 0.0970. The van der Waals surface area contributed by atoms with Gasteiger partial charge in [0.1, 0.15) is 17.3 Å². The van der Waals surface area contributed by atoms with Gasteiger partial charge in [0.15, 0.2) is 0 Å². The predicted octanol–water partition coefficient (Wildman–Crippen LogP) is 4.67. The fourth-order valence-electron chi connectivity index (χ4n) is 4.14. The van der Waals surface area contributed by atoms with Gasteiger partial charge in [-0.3, -0.25) is 14.2 Å². The number of pyridine rings is 1. The monoisotopic (exact) mass is 450 g/mol. The van der Waals surface area contributed by atoms with Crippen molar-refractivity contribution in [2.45, 2.75) is 40.2 Å². The van der Waals surface area contributed by atoms with E-state index in [2.05, 4.69) is 10.4 Å². The zero-order valence-corrected chi connectivity index (χ0v) is 18.7. The number of anilines is 1. The Bertz CT molecular complexity index is 1400. The Labute approximate surface area is 189 Å². The number of carbonyl (C=O) groups excluding carboxylic acids is 1. The topological polar surface area (TPSA) is 68.9 Å². The average Bonchev–Trinajstić information content (AvgIpc) is 3.13. The Morgan fingerprint density at radius 1 is 1.06 bits per heavy atom. The van der Waals surface area contributed by atoms with Crippen molar-refractivity contribution in [3.63, 3.8) is 0 Å². The normalized spacial score (nSPS) is 11.2. The molecule has 1 N–H and O–H groups in total. The van der Waals surface area contributed by atoms with E-state index in [0.29, 0.717) is 34.8 Å².